The number of thiophene rings is 1. The predicted octanol–water partition coefficient (Wildman–Crippen LogP) is 3.81. The summed E-state index contributed by atoms with van der Waals surface area (Å²) in [5.41, 5.74) is 3.15. The highest BCUT2D eigenvalue weighted by molar-refractivity contribution is 7.99. The summed E-state index contributed by atoms with van der Waals surface area (Å²) in [5.74, 6) is 1.24. The highest BCUT2D eigenvalue weighted by atomic mass is 32.2. The van der Waals surface area contributed by atoms with Gasteiger partial charge >= 0.3 is 0 Å². The van der Waals surface area contributed by atoms with Crippen LogP contribution >= 0.6 is 23.1 Å². The normalized spacial score (nSPS) is 14.6. The molecule has 1 N–H and O–H groups in total. The number of carbonyl (C=O) groups excluding carboxylic acids is 1. The number of amides is 1. The standard InChI is InChI=1S/C20H21N3O2S2/c1-11-12(2)27-19-17(11)18(24)21-16(22-19)10-26-13(3)20(25)23-9-8-14-6-4-5-7-15(14)23/h4-7,13H,8-10H2,1-3H3,(H,21,22,24)/t13-/m0/s1. The molecule has 7 heteroatoms. The number of aryl methyl sites for hydroxylation is 2. The van der Waals surface area contributed by atoms with Gasteiger partial charge in [0.2, 0.25) is 5.91 Å². The molecule has 4 rings (SSSR count). The number of nitrogens with one attached hydrogen (secondary N) is 1. The second-order valence-electron chi connectivity index (χ2n) is 6.80. The Morgan fingerprint density at radius 1 is 1.37 bits per heavy atom. The Morgan fingerprint density at radius 3 is 2.96 bits per heavy atom. The molecule has 0 aliphatic carbocycles. The van der Waals surface area contributed by atoms with E-state index in [2.05, 4.69) is 16.0 Å². The van der Waals surface area contributed by atoms with Gasteiger partial charge in [-0.1, -0.05) is 18.2 Å². The van der Waals surface area contributed by atoms with Crippen LogP contribution in [0.1, 0.15) is 28.8 Å². The first-order valence-electron chi connectivity index (χ1n) is 8.95. The first-order valence-corrected chi connectivity index (χ1v) is 10.8. The predicted molar refractivity (Wildman–Crippen MR) is 113 cm³/mol. The fourth-order valence-electron chi connectivity index (χ4n) is 3.43. The maximum absolute atomic E-state index is 12.9. The Bertz CT molecular complexity index is 1090. The van der Waals surface area contributed by atoms with Gasteiger partial charge in [0.1, 0.15) is 10.7 Å². The number of hydrogen-bond donors (Lipinski definition) is 1. The number of carbonyl (C=O) groups is 1. The molecule has 1 aliphatic heterocycles. The van der Waals surface area contributed by atoms with E-state index in [1.807, 2.05) is 43.9 Å². The number of thioether (sulfide) groups is 1. The van der Waals surface area contributed by atoms with Gasteiger partial charge < -0.3 is 9.88 Å². The highest BCUT2D eigenvalue weighted by Crippen LogP contribution is 2.30. The molecule has 0 radical (unpaired) electrons. The van der Waals surface area contributed by atoms with Gasteiger partial charge in [0, 0.05) is 17.1 Å². The van der Waals surface area contributed by atoms with Crippen LogP contribution in [-0.2, 0) is 17.0 Å². The number of fused-ring (bicyclic) bond motifs is 2. The Morgan fingerprint density at radius 2 is 2.15 bits per heavy atom. The average molecular weight is 400 g/mol. The Balaban J connectivity index is 1.48. The molecule has 1 atom stereocenters. The quantitative estimate of drug-likeness (QED) is 0.724. The molecule has 0 spiro atoms. The van der Waals surface area contributed by atoms with Crippen molar-refractivity contribution in [1.82, 2.24) is 9.97 Å². The van der Waals surface area contributed by atoms with Gasteiger partial charge in [0.15, 0.2) is 0 Å². The lowest BCUT2D eigenvalue weighted by Crippen LogP contribution is -2.35. The van der Waals surface area contributed by atoms with Crippen LogP contribution < -0.4 is 10.5 Å². The molecule has 27 heavy (non-hydrogen) atoms. The van der Waals surface area contributed by atoms with Crippen molar-refractivity contribution in [2.24, 2.45) is 0 Å². The summed E-state index contributed by atoms with van der Waals surface area (Å²) in [6.07, 6.45) is 0.905. The number of rotatable bonds is 4. The molecule has 5 nitrogen and oxygen atoms in total. The number of H-pyrrole nitrogens is 1. The minimum absolute atomic E-state index is 0.0927. The number of aromatic nitrogens is 2. The lowest BCUT2D eigenvalue weighted by Gasteiger charge is -2.21. The summed E-state index contributed by atoms with van der Waals surface area (Å²) < 4.78 is 0. The van der Waals surface area contributed by atoms with Gasteiger partial charge in [0.05, 0.1) is 16.4 Å². The molecule has 0 saturated heterocycles. The van der Waals surface area contributed by atoms with Gasteiger partial charge in [-0.15, -0.1) is 23.1 Å². The lowest BCUT2D eigenvalue weighted by molar-refractivity contribution is -0.117. The summed E-state index contributed by atoms with van der Waals surface area (Å²) >= 11 is 3.05. The van der Waals surface area contributed by atoms with Crippen molar-refractivity contribution in [3.05, 3.63) is 56.4 Å². The maximum atomic E-state index is 12.9. The van der Waals surface area contributed by atoms with Gasteiger partial charge in [-0.3, -0.25) is 9.59 Å². The minimum Gasteiger partial charge on any atom is -0.311 e. The van der Waals surface area contributed by atoms with Gasteiger partial charge in [-0.05, 0) is 44.4 Å². The molecule has 140 valence electrons. The monoisotopic (exact) mass is 399 g/mol. The summed E-state index contributed by atoms with van der Waals surface area (Å²) in [4.78, 5) is 36.5. The molecule has 0 bridgehead atoms. The summed E-state index contributed by atoms with van der Waals surface area (Å²) in [7, 11) is 0. The van der Waals surface area contributed by atoms with E-state index in [9.17, 15) is 9.59 Å². The van der Waals surface area contributed by atoms with Crippen molar-refractivity contribution in [3.63, 3.8) is 0 Å². The molecule has 1 amide bonds. The molecule has 3 heterocycles. The number of para-hydroxylation sites is 1. The molecule has 3 aromatic rings. The first-order chi connectivity index (χ1) is 13.0. The fourth-order valence-corrected chi connectivity index (χ4v) is 5.29. The largest absolute Gasteiger partial charge is 0.311 e. The second-order valence-corrected chi connectivity index (χ2v) is 9.33. The summed E-state index contributed by atoms with van der Waals surface area (Å²) in [6, 6.07) is 8.07. The third kappa shape index (κ3) is 3.30. The smallest absolute Gasteiger partial charge is 0.259 e. The van der Waals surface area contributed by atoms with Crippen LogP contribution in [0.15, 0.2) is 29.1 Å². The van der Waals surface area contributed by atoms with Crippen LogP contribution in [0.4, 0.5) is 5.69 Å². The molecular weight excluding hydrogens is 378 g/mol. The zero-order valence-electron chi connectivity index (χ0n) is 15.5. The highest BCUT2D eigenvalue weighted by Gasteiger charge is 2.28. The molecule has 0 fully saturated rings. The number of nitrogens with zero attached hydrogens (tertiary/aromatic N) is 2. The SMILES string of the molecule is Cc1sc2nc(CS[C@@H](C)C(=O)N3CCc4ccccc43)[nH]c(=O)c2c1C. The number of hydrogen-bond acceptors (Lipinski definition) is 5. The van der Waals surface area contributed by atoms with E-state index < -0.39 is 0 Å². The fraction of sp³-hybridized carbons (Fsp3) is 0.350. The molecule has 0 saturated carbocycles. The second kappa shape index (κ2) is 7.13. The van der Waals surface area contributed by atoms with E-state index in [1.54, 1.807) is 11.3 Å². The zero-order chi connectivity index (χ0) is 19.1. The van der Waals surface area contributed by atoms with Crippen LogP contribution in [0, 0.1) is 13.8 Å². The van der Waals surface area contributed by atoms with Crippen molar-refractivity contribution in [3.8, 4) is 0 Å². The van der Waals surface area contributed by atoms with Gasteiger partial charge in [-0.2, -0.15) is 0 Å². The molecule has 2 aromatic heterocycles. The maximum Gasteiger partial charge on any atom is 0.259 e. The Kier molecular flexibility index (Phi) is 4.82. The van der Waals surface area contributed by atoms with Gasteiger partial charge in [0.25, 0.3) is 5.56 Å². The van der Waals surface area contributed by atoms with Crippen molar-refractivity contribution in [2.45, 2.75) is 38.2 Å². The van der Waals surface area contributed by atoms with E-state index >= 15 is 0 Å². The van der Waals surface area contributed by atoms with Crippen LogP contribution in [0.5, 0.6) is 0 Å². The zero-order valence-corrected chi connectivity index (χ0v) is 17.2. The number of anilines is 1. The van der Waals surface area contributed by atoms with E-state index in [0.717, 1.165) is 33.9 Å². The molecule has 0 unspecified atom stereocenters. The van der Waals surface area contributed by atoms with E-state index in [1.165, 1.54) is 17.3 Å². The topological polar surface area (TPSA) is 66.1 Å². The van der Waals surface area contributed by atoms with E-state index in [0.29, 0.717) is 17.0 Å². The molecular formula is C20H21N3O2S2. The lowest BCUT2D eigenvalue weighted by atomic mass is 10.2. The third-order valence-corrected chi connectivity index (χ3v) is 7.30. The number of aromatic amines is 1. The van der Waals surface area contributed by atoms with Crippen molar-refractivity contribution < 1.29 is 4.79 Å². The van der Waals surface area contributed by atoms with Crippen LogP contribution in [-0.4, -0.2) is 27.7 Å². The van der Waals surface area contributed by atoms with Crippen molar-refractivity contribution in [2.75, 3.05) is 11.4 Å². The van der Waals surface area contributed by atoms with Crippen LogP contribution in [0.3, 0.4) is 0 Å². The third-order valence-electron chi connectivity index (χ3n) is 5.06. The average Bonchev–Trinajstić information content (AvgIpc) is 3.20. The van der Waals surface area contributed by atoms with Crippen molar-refractivity contribution >= 4 is 44.9 Å². The molecule has 1 aromatic carbocycles. The van der Waals surface area contributed by atoms with E-state index in [4.69, 9.17) is 0 Å². The molecule has 1 aliphatic rings. The Hall–Kier alpha value is -2.12. The summed E-state index contributed by atoms with van der Waals surface area (Å²) in [5, 5.41) is 0.480. The van der Waals surface area contributed by atoms with Gasteiger partial charge in [-0.25, -0.2) is 4.98 Å². The van der Waals surface area contributed by atoms with Crippen LogP contribution in [0.2, 0.25) is 0 Å². The van der Waals surface area contributed by atoms with Crippen molar-refractivity contribution in [1.29, 1.82) is 0 Å². The minimum atomic E-state index is -0.205. The van der Waals surface area contributed by atoms with E-state index in [-0.39, 0.29) is 16.7 Å². The van der Waals surface area contributed by atoms with Crippen LogP contribution in [0.25, 0.3) is 10.2 Å². The summed E-state index contributed by atoms with van der Waals surface area (Å²) in [6.45, 7) is 6.61. The number of benzene rings is 1. The Labute approximate surface area is 165 Å². The first kappa shape index (κ1) is 18.3.